The smallest absolute Gasteiger partial charge is 0.331 e. The Morgan fingerprint density at radius 3 is 2.70 bits per heavy atom. The van der Waals surface area contributed by atoms with Gasteiger partial charge in [-0.05, 0) is 66.5 Å². The number of rotatable bonds is 8. The normalized spacial score (nSPS) is 19.6. The van der Waals surface area contributed by atoms with Crippen molar-refractivity contribution in [1.29, 1.82) is 5.26 Å². The number of carbonyl (C=O) groups is 3. The predicted molar refractivity (Wildman–Crippen MR) is 158 cm³/mol. The molecule has 4 aromatic rings. The molecule has 43 heavy (non-hydrogen) atoms. The summed E-state index contributed by atoms with van der Waals surface area (Å²) in [5, 5.41) is 16.0. The van der Waals surface area contributed by atoms with E-state index < -0.39 is 0 Å². The molecule has 2 N–H and O–H groups in total. The quantitative estimate of drug-likeness (QED) is 0.287. The van der Waals surface area contributed by atoms with Gasteiger partial charge in [-0.2, -0.15) is 5.26 Å². The van der Waals surface area contributed by atoms with Gasteiger partial charge in [0, 0.05) is 36.4 Å². The number of urea groups is 1. The highest BCUT2D eigenvalue weighted by molar-refractivity contribution is 6.30. The third-order valence-corrected chi connectivity index (χ3v) is 8.39. The summed E-state index contributed by atoms with van der Waals surface area (Å²) in [6.07, 6.45) is 8.11. The highest BCUT2D eigenvalue weighted by atomic mass is 35.5. The lowest BCUT2D eigenvalue weighted by atomic mass is 10.0. The van der Waals surface area contributed by atoms with Gasteiger partial charge in [-0.25, -0.2) is 19.7 Å². The van der Waals surface area contributed by atoms with Gasteiger partial charge in [-0.3, -0.25) is 19.4 Å². The van der Waals surface area contributed by atoms with Crippen molar-refractivity contribution in [1.82, 2.24) is 24.3 Å². The van der Waals surface area contributed by atoms with Crippen molar-refractivity contribution in [2.45, 2.75) is 37.6 Å². The Kier molecular flexibility index (Phi) is 6.47. The Hall–Kier alpha value is -5.02. The van der Waals surface area contributed by atoms with E-state index in [0.29, 0.717) is 58.1 Å². The molecule has 2 unspecified atom stereocenters. The lowest BCUT2D eigenvalue weighted by Gasteiger charge is -2.17. The van der Waals surface area contributed by atoms with Crippen molar-refractivity contribution < 1.29 is 14.4 Å². The standard InChI is InChI=1S/C30H26ClN9O3/c1-38-27(41)14-40(30(38)43)24-6-18(16-2-3-16)12-39-13-20(36-28(24)39)11-33-25-9-26(35-15-34-25)37-29(42)23-8-22(23)21-7-19(31)5-4-17(21)10-32/h4-7,9,12-13,15-16,22-23H,2-3,8,11,14H2,1H3,(H2,33,34,35,37,42). The number of carbonyl (C=O) groups excluding carboxylic acids is 3. The molecule has 216 valence electrons. The number of hydrogen-bond acceptors (Lipinski definition) is 8. The third-order valence-electron chi connectivity index (χ3n) is 8.16. The fourth-order valence-electron chi connectivity index (χ4n) is 5.55. The molecule has 3 fully saturated rings. The minimum Gasteiger partial charge on any atom is -0.364 e. The zero-order chi connectivity index (χ0) is 29.8. The molecule has 12 nitrogen and oxygen atoms in total. The molecular weight excluding hydrogens is 570 g/mol. The number of fused-ring (bicyclic) bond motifs is 1. The molecule has 0 bridgehead atoms. The first kappa shape index (κ1) is 26.9. The first-order chi connectivity index (χ1) is 20.8. The van der Waals surface area contributed by atoms with Gasteiger partial charge >= 0.3 is 6.03 Å². The first-order valence-corrected chi connectivity index (χ1v) is 14.3. The van der Waals surface area contributed by atoms with Crippen molar-refractivity contribution in [2.24, 2.45) is 5.92 Å². The van der Waals surface area contributed by atoms with E-state index in [-0.39, 0.29) is 36.2 Å². The number of imidazole rings is 1. The molecular formula is C30H26ClN9O3. The molecule has 1 saturated heterocycles. The van der Waals surface area contributed by atoms with Gasteiger partial charge in [0.2, 0.25) is 11.8 Å². The average Bonchev–Trinajstić information content (AvgIpc) is 3.93. The van der Waals surface area contributed by atoms with Crippen LogP contribution in [0.15, 0.2) is 49.1 Å². The van der Waals surface area contributed by atoms with Crippen LogP contribution in [0, 0.1) is 17.2 Å². The van der Waals surface area contributed by atoms with Crippen molar-refractivity contribution >= 4 is 52.4 Å². The van der Waals surface area contributed by atoms with Gasteiger partial charge < -0.3 is 15.0 Å². The lowest BCUT2D eigenvalue weighted by molar-refractivity contribution is -0.124. The zero-order valence-corrected chi connectivity index (χ0v) is 23.9. The molecule has 4 amide bonds. The number of nitriles is 1. The van der Waals surface area contributed by atoms with Crippen LogP contribution in [0.4, 0.5) is 22.1 Å². The highest BCUT2D eigenvalue weighted by Gasteiger charge is 2.45. The molecule has 2 saturated carbocycles. The summed E-state index contributed by atoms with van der Waals surface area (Å²) >= 11 is 6.12. The second-order valence-corrected chi connectivity index (χ2v) is 11.6. The highest BCUT2D eigenvalue weighted by Crippen LogP contribution is 2.49. The number of pyridine rings is 1. The molecule has 0 radical (unpaired) electrons. The minimum absolute atomic E-state index is 0.0187. The molecule has 3 aromatic heterocycles. The van der Waals surface area contributed by atoms with E-state index in [2.05, 4.69) is 26.7 Å². The number of halogens is 1. The van der Waals surface area contributed by atoms with Gasteiger partial charge in [0.1, 0.15) is 24.5 Å². The maximum Gasteiger partial charge on any atom is 0.331 e. The Bertz CT molecular complexity index is 1860. The second kappa shape index (κ2) is 10.4. The fourth-order valence-corrected chi connectivity index (χ4v) is 5.73. The summed E-state index contributed by atoms with van der Waals surface area (Å²) < 4.78 is 1.91. The van der Waals surface area contributed by atoms with E-state index in [4.69, 9.17) is 16.6 Å². The maximum absolute atomic E-state index is 12.9. The SMILES string of the molecule is CN1C(=O)CN(c2cc(C3CC3)cn3cc(CNc4cc(NC(=O)C5CC5c5cc(Cl)ccc5C#N)ncn4)nc23)C1=O. The Morgan fingerprint density at radius 1 is 1.14 bits per heavy atom. The molecule has 7 rings (SSSR count). The average molecular weight is 596 g/mol. The number of likely N-dealkylation sites (N-methyl/N-ethyl adjacent to an activating group) is 1. The number of nitrogens with one attached hydrogen (secondary N) is 2. The summed E-state index contributed by atoms with van der Waals surface area (Å²) in [4.78, 5) is 53.8. The molecule has 1 aliphatic heterocycles. The van der Waals surface area contributed by atoms with Gasteiger partial charge in [0.25, 0.3) is 0 Å². The van der Waals surface area contributed by atoms with Crippen LogP contribution in [0.3, 0.4) is 0 Å². The van der Waals surface area contributed by atoms with Crippen molar-refractivity contribution in [3.8, 4) is 6.07 Å². The van der Waals surface area contributed by atoms with Crippen LogP contribution in [0.1, 0.15) is 53.5 Å². The number of benzene rings is 1. The monoisotopic (exact) mass is 595 g/mol. The molecule has 3 aliphatic rings. The molecule has 2 atom stereocenters. The van der Waals surface area contributed by atoms with Crippen molar-refractivity contribution in [3.63, 3.8) is 0 Å². The van der Waals surface area contributed by atoms with E-state index in [0.717, 1.165) is 28.9 Å². The van der Waals surface area contributed by atoms with Crippen molar-refractivity contribution in [2.75, 3.05) is 29.1 Å². The summed E-state index contributed by atoms with van der Waals surface area (Å²) in [5.74, 6) is 0.513. The van der Waals surface area contributed by atoms with Crippen LogP contribution in [0.25, 0.3) is 5.65 Å². The molecule has 4 heterocycles. The van der Waals surface area contributed by atoms with E-state index in [1.807, 2.05) is 22.9 Å². The van der Waals surface area contributed by atoms with E-state index >= 15 is 0 Å². The number of amides is 4. The topological polar surface area (TPSA) is 149 Å². The van der Waals surface area contributed by atoms with Crippen molar-refractivity contribution in [3.05, 3.63) is 76.5 Å². The molecule has 1 aromatic carbocycles. The number of hydrogen-bond donors (Lipinski definition) is 2. The summed E-state index contributed by atoms with van der Waals surface area (Å²) in [5.41, 5.74) is 4.33. The fraction of sp³-hybridized carbons (Fsp3) is 0.300. The predicted octanol–water partition coefficient (Wildman–Crippen LogP) is 4.28. The van der Waals surface area contributed by atoms with E-state index in [1.54, 1.807) is 24.3 Å². The van der Waals surface area contributed by atoms with Crippen LogP contribution < -0.4 is 15.5 Å². The largest absolute Gasteiger partial charge is 0.364 e. The van der Waals surface area contributed by atoms with Crippen LogP contribution in [0.2, 0.25) is 5.02 Å². The Morgan fingerprint density at radius 2 is 1.95 bits per heavy atom. The Balaban J connectivity index is 1.05. The van der Waals surface area contributed by atoms with Gasteiger partial charge in [-0.15, -0.1) is 0 Å². The summed E-state index contributed by atoms with van der Waals surface area (Å²) in [6.45, 7) is 0.308. The number of imide groups is 1. The maximum atomic E-state index is 12.9. The molecule has 2 aliphatic carbocycles. The van der Waals surface area contributed by atoms with E-state index in [1.165, 1.54) is 18.3 Å². The number of nitrogens with zero attached hydrogens (tertiary/aromatic N) is 7. The van der Waals surface area contributed by atoms with Crippen LogP contribution in [0.5, 0.6) is 0 Å². The summed E-state index contributed by atoms with van der Waals surface area (Å²) in [7, 11) is 1.48. The van der Waals surface area contributed by atoms with Crippen LogP contribution >= 0.6 is 11.6 Å². The minimum atomic E-state index is -0.367. The number of aromatic nitrogens is 4. The first-order valence-electron chi connectivity index (χ1n) is 13.9. The van der Waals surface area contributed by atoms with Gasteiger partial charge in [0.05, 0.1) is 29.6 Å². The zero-order valence-electron chi connectivity index (χ0n) is 23.1. The number of anilines is 3. The Labute approximate surface area is 251 Å². The van der Waals surface area contributed by atoms with Gasteiger partial charge in [0.15, 0.2) is 5.65 Å². The van der Waals surface area contributed by atoms with E-state index in [9.17, 15) is 19.6 Å². The molecule has 13 heteroatoms. The third kappa shape index (κ3) is 5.12. The molecule has 0 spiro atoms. The van der Waals surface area contributed by atoms with Crippen LogP contribution in [-0.4, -0.2) is 55.7 Å². The second-order valence-electron chi connectivity index (χ2n) is 11.1. The van der Waals surface area contributed by atoms with Gasteiger partial charge in [-0.1, -0.05) is 11.6 Å². The summed E-state index contributed by atoms with van der Waals surface area (Å²) in [6, 6.07) is 10.5. The lowest BCUT2D eigenvalue weighted by Crippen LogP contribution is -2.30. The van der Waals surface area contributed by atoms with Crippen LogP contribution in [-0.2, 0) is 16.1 Å².